The Labute approximate surface area is 184 Å². The molecule has 1 atom stereocenters. The van der Waals surface area contributed by atoms with Crippen LogP contribution in [0.4, 0.5) is 4.79 Å². The first-order valence-corrected chi connectivity index (χ1v) is 9.91. The van der Waals surface area contributed by atoms with Gasteiger partial charge < -0.3 is 15.4 Å². The Kier molecular flexibility index (Phi) is 5.59. The zero-order chi connectivity index (χ0) is 22.7. The third kappa shape index (κ3) is 4.02. The van der Waals surface area contributed by atoms with Crippen LogP contribution >= 0.6 is 0 Å². The molecule has 1 unspecified atom stereocenters. The molecule has 10 nitrogen and oxygen atoms in total. The highest BCUT2D eigenvalue weighted by Crippen LogP contribution is 2.29. The number of hydrogen-bond acceptors (Lipinski definition) is 6. The highest BCUT2D eigenvalue weighted by atomic mass is 16.5. The lowest BCUT2D eigenvalue weighted by Crippen LogP contribution is -2.43. The van der Waals surface area contributed by atoms with E-state index >= 15 is 0 Å². The van der Waals surface area contributed by atoms with Crippen LogP contribution in [0.15, 0.2) is 61.1 Å². The molecule has 1 aliphatic heterocycles. The van der Waals surface area contributed by atoms with Crippen molar-refractivity contribution < 1.29 is 19.1 Å². The second kappa shape index (κ2) is 8.50. The first-order valence-electron chi connectivity index (χ1n) is 9.91. The maximum absolute atomic E-state index is 13.0. The monoisotopic (exact) mass is 434 g/mol. The summed E-state index contributed by atoms with van der Waals surface area (Å²) in [4.78, 5) is 43.0. The van der Waals surface area contributed by atoms with Crippen LogP contribution in [0.1, 0.15) is 18.1 Å². The molecule has 0 saturated carbocycles. The summed E-state index contributed by atoms with van der Waals surface area (Å²) in [6.07, 6.45) is 5.07. The van der Waals surface area contributed by atoms with Crippen molar-refractivity contribution in [3.63, 3.8) is 0 Å². The third-order valence-electron chi connectivity index (χ3n) is 5.28. The van der Waals surface area contributed by atoms with Gasteiger partial charge in [-0.25, -0.2) is 14.5 Å². The quantitative estimate of drug-likeness (QED) is 0.542. The van der Waals surface area contributed by atoms with Crippen LogP contribution in [0.2, 0.25) is 0 Å². The molecule has 2 N–H and O–H groups in total. The molecule has 1 fully saturated rings. The summed E-state index contributed by atoms with van der Waals surface area (Å²) in [5.74, 6) is 0.344. The molecule has 1 aromatic carbocycles. The van der Waals surface area contributed by atoms with E-state index in [1.54, 1.807) is 73.7 Å². The third-order valence-corrected chi connectivity index (χ3v) is 5.28. The molecule has 10 heteroatoms. The lowest BCUT2D eigenvalue weighted by Gasteiger charge is -2.22. The van der Waals surface area contributed by atoms with E-state index in [2.05, 4.69) is 20.7 Å². The van der Waals surface area contributed by atoms with Crippen molar-refractivity contribution in [2.75, 3.05) is 13.7 Å². The summed E-state index contributed by atoms with van der Waals surface area (Å²) in [7, 11) is 1.55. The van der Waals surface area contributed by atoms with Crippen molar-refractivity contribution in [1.82, 2.24) is 30.3 Å². The minimum atomic E-state index is -1.25. The predicted molar refractivity (Wildman–Crippen MR) is 114 cm³/mol. The van der Waals surface area contributed by atoms with Crippen LogP contribution in [-0.2, 0) is 21.7 Å². The van der Waals surface area contributed by atoms with Crippen molar-refractivity contribution in [2.24, 2.45) is 0 Å². The van der Waals surface area contributed by atoms with E-state index in [9.17, 15) is 14.4 Å². The summed E-state index contributed by atoms with van der Waals surface area (Å²) in [6.45, 7) is 1.44. The van der Waals surface area contributed by atoms with Crippen molar-refractivity contribution in [3.05, 3.63) is 72.2 Å². The number of benzene rings is 1. The molecule has 4 amide bonds. The zero-order valence-corrected chi connectivity index (χ0v) is 17.6. The Morgan fingerprint density at radius 3 is 2.59 bits per heavy atom. The molecular formula is C22H22N6O4. The Morgan fingerprint density at radius 1 is 1.19 bits per heavy atom. The first-order chi connectivity index (χ1) is 15.4. The second-order valence-electron chi connectivity index (χ2n) is 7.43. The number of nitrogens with zero attached hydrogens (tertiary/aromatic N) is 4. The Morgan fingerprint density at radius 2 is 1.97 bits per heavy atom. The molecule has 4 rings (SSSR count). The van der Waals surface area contributed by atoms with Gasteiger partial charge in [0.25, 0.3) is 5.91 Å². The highest BCUT2D eigenvalue weighted by Gasteiger charge is 2.49. The number of methoxy groups -OCH3 is 1. The summed E-state index contributed by atoms with van der Waals surface area (Å²) >= 11 is 0. The summed E-state index contributed by atoms with van der Waals surface area (Å²) in [6, 6.07) is 11.6. The molecular weight excluding hydrogens is 412 g/mol. The van der Waals surface area contributed by atoms with Gasteiger partial charge in [0.05, 0.1) is 7.11 Å². The van der Waals surface area contributed by atoms with Crippen molar-refractivity contribution >= 4 is 17.8 Å². The molecule has 0 radical (unpaired) electrons. The number of nitrogens with one attached hydrogen (secondary N) is 2. The van der Waals surface area contributed by atoms with Gasteiger partial charge in [0.2, 0.25) is 5.91 Å². The number of imide groups is 1. The van der Waals surface area contributed by atoms with Gasteiger partial charge in [-0.05, 0) is 42.3 Å². The van der Waals surface area contributed by atoms with Crippen LogP contribution in [0.3, 0.4) is 0 Å². The van der Waals surface area contributed by atoms with Crippen LogP contribution in [0.5, 0.6) is 5.75 Å². The van der Waals surface area contributed by atoms with E-state index in [0.717, 1.165) is 10.5 Å². The molecule has 2 aromatic heterocycles. The number of urea groups is 1. The van der Waals surface area contributed by atoms with E-state index in [4.69, 9.17) is 4.74 Å². The number of hydrogen-bond donors (Lipinski definition) is 2. The van der Waals surface area contributed by atoms with Gasteiger partial charge in [0.15, 0.2) is 5.82 Å². The molecule has 0 aliphatic carbocycles. The van der Waals surface area contributed by atoms with Gasteiger partial charge in [-0.1, -0.05) is 18.2 Å². The maximum atomic E-state index is 13.0. The Balaban J connectivity index is 1.36. The fourth-order valence-corrected chi connectivity index (χ4v) is 3.42. The van der Waals surface area contributed by atoms with Crippen molar-refractivity contribution in [1.29, 1.82) is 0 Å². The standard InChI is InChI=1S/C22H22N6O4/c1-22(16-5-7-17(32-2)8-6-16)20(30)27(21(31)26-22)14-19(29)24-13-15-4-9-18(23-12-15)28-11-3-10-25-28/h3-12H,13-14H2,1-2H3,(H,24,29)(H,26,31). The van der Waals surface area contributed by atoms with Crippen LogP contribution in [-0.4, -0.2) is 51.2 Å². The Hall–Kier alpha value is -4.21. The van der Waals surface area contributed by atoms with Gasteiger partial charge >= 0.3 is 6.03 Å². The number of carbonyl (C=O) groups is 3. The molecule has 1 aliphatic rings. The topological polar surface area (TPSA) is 118 Å². The van der Waals surface area contributed by atoms with Gasteiger partial charge in [-0.15, -0.1) is 0 Å². The smallest absolute Gasteiger partial charge is 0.325 e. The lowest BCUT2D eigenvalue weighted by molar-refractivity contribution is -0.134. The highest BCUT2D eigenvalue weighted by molar-refractivity contribution is 6.09. The molecule has 0 spiro atoms. The summed E-state index contributed by atoms with van der Waals surface area (Å²) in [5, 5.41) is 9.50. The molecule has 1 saturated heterocycles. The normalized spacial score (nSPS) is 17.9. The summed E-state index contributed by atoms with van der Waals surface area (Å²) < 4.78 is 6.76. The first kappa shape index (κ1) is 21.0. The Bertz CT molecular complexity index is 1130. The number of carbonyl (C=O) groups excluding carboxylic acids is 3. The SMILES string of the molecule is COc1ccc(C2(C)NC(=O)N(CC(=O)NCc3ccc(-n4cccn4)nc3)C2=O)cc1. The predicted octanol–water partition coefficient (Wildman–Crippen LogP) is 1.36. The molecule has 164 valence electrons. The maximum Gasteiger partial charge on any atom is 0.325 e. The van der Waals surface area contributed by atoms with E-state index in [1.165, 1.54) is 0 Å². The van der Waals surface area contributed by atoms with Gasteiger partial charge in [-0.2, -0.15) is 5.10 Å². The van der Waals surface area contributed by atoms with E-state index in [1.807, 2.05) is 6.07 Å². The molecule has 3 heterocycles. The number of ether oxygens (including phenoxy) is 1. The number of pyridine rings is 1. The second-order valence-corrected chi connectivity index (χ2v) is 7.43. The minimum Gasteiger partial charge on any atom is -0.497 e. The lowest BCUT2D eigenvalue weighted by atomic mass is 9.92. The molecule has 32 heavy (non-hydrogen) atoms. The number of rotatable bonds is 7. The number of aromatic nitrogens is 3. The van der Waals surface area contributed by atoms with E-state index in [-0.39, 0.29) is 13.1 Å². The fourth-order valence-electron chi connectivity index (χ4n) is 3.42. The zero-order valence-electron chi connectivity index (χ0n) is 17.6. The van der Waals surface area contributed by atoms with Gasteiger partial charge in [0, 0.05) is 25.1 Å². The number of amides is 4. The van der Waals surface area contributed by atoms with Crippen LogP contribution in [0.25, 0.3) is 5.82 Å². The van der Waals surface area contributed by atoms with E-state index in [0.29, 0.717) is 17.1 Å². The van der Waals surface area contributed by atoms with Crippen LogP contribution < -0.4 is 15.4 Å². The van der Waals surface area contributed by atoms with Crippen LogP contribution in [0, 0.1) is 0 Å². The van der Waals surface area contributed by atoms with Crippen molar-refractivity contribution in [2.45, 2.75) is 19.0 Å². The average Bonchev–Trinajstić information content (AvgIpc) is 3.42. The average molecular weight is 434 g/mol. The van der Waals surface area contributed by atoms with Gasteiger partial charge in [0.1, 0.15) is 17.8 Å². The van der Waals surface area contributed by atoms with Gasteiger partial charge in [-0.3, -0.25) is 14.5 Å². The van der Waals surface area contributed by atoms with E-state index < -0.39 is 23.4 Å². The van der Waals surface area contributed by atoms with Crippen molar-refractivity contribution in [3.8, 4) is 11.6 Å². The molecule has 3 aromatic rings. The summed E-state index contributed by atoms with van der Waals surface area (Å²) in [5.41, 5.74) is 0.119. The molecule has 0 bridgehead atoms. The largest absolute Gasteiger partial charge is 0.497 e. The minimum absolute atomic E-state index is 0.213. The fraction of sp³-hybridized carbons (Fsp3) is 0.227.